The normalized spacial score (nSPS) is 25.0. The van der Waals surface area contributed by atoms with Crippen LogP contribution < -0.4 is 10.6 Å². The highest BCUT2D eigenvalue weighted by Gasteiger charge is 2.38. The lowest BCUT2D eigenvalue weighted by molar-refractivity contribution is 0.0200. The third-order valence-corrected chi connectivity index (χ3v) is 6.02. The molecular formula is C22H26ClN3O. The molecule has 0 aromatic heterocycles. The van der Waals surface area contributed by atoms with Crippen molar-refractivity contribution < 1.29 is 4.79 Å². The summed E-state index contributed by atoms with van der Waals surface area (Å²) in [5.41, 5.74) is 2.14. The molecule has 2 N–H and O–H groups in total. The molecule has 0 unspecified atom stereocenters. The fraction of sp³-hybridized carbons (Fsp3) is 0.409. The van der Waals surface area contributed by atoms with Crippen LogP contribution in [0.1, 0.15) is 37.7 Å². The summed E-state index contributed by atoms with van der Waals surface area (Å²) in [6, 6.07) is 19.1. The molecule has 2 saturated heterocycles. The van der Waals surface area contributed by atoms with Crippen LogP contribution >= 0.6 is 11.6 Å². The van der Waals surface area contributed by atoms with Crippen molar-refractivity contribution in [3.63, 3.8) is 0 Å². The Kier molecular flexibility index (Phi) is 5.65. The maximum absolute atomic E-state index is 12.4. The van der Waals surface area contributed by atoms with Gasteiger partial charge in [-0.25, -0.2) is 4.79 Å². The lowest BCUT2D eigenvalue weighted by Gasteiger charge is -2.49. The number of anilines is 1. The van der Waals surface area contributed by atoms with Gasteiger partial charge in [-0.1, -0.05) is 48.4 Å². The monoisotopic (exact) mass is 383 g/mol. The van der Waals surface area contributed by atoms with Gasteiger partial charge in [0, 0.05) is 35.4 Å². The lowest BCUT2D eigenvalue weighted by Crippen LogP contribution is -2.56. The molecule has 2 atom stereocenters. The first-order valence-electron chi connectivity index (χ1n) is 9.80. The third-order valence-electron chi connectivity index (χ3n) is 5.77. The molecule has 5 heteroatoms. The highest BCUT2D eigenvalue weighted by atomic mass is 35.5. The van der Waals surface area contributed by atoms with E-state index in [2.05, 4.69) is 45.9 Å². The number of benzene rings is 2. The molecule has 0 saturated carbocycles. The molecule has 2 aromatic rings. The van der Waals surface area contributed by atoms with Gasteiger partial charge in [0.15, 0.2) is 0 Å². The lowest BCUT2D eigenvalue weighted by atomic mass is 9.81. The Hall–Kier alpha value is -2.04. The van der Waals surface area contributed by atoms with Gasteiger partial charge in [-0.05, 0) is 55.5 Å². The molecule has 0 spiro atoms. The van der Waals surface area contributed by atoms with E-state index in [0.717, 1.165) is 25.1 Å². The topological polar surface area (TPSA) is 44.4 Å². The van der Waals surface area contributed by atoms with Gasteiger partial charge in [-0.3, -0.25) is 4.90 Å². The summed E-state index contributed by atoms with van der Waals surface area (Å²) in [5, 5.41) is 6.76. The standard InChI is InChI=1S/C22H26ClN3O/c23-17-9-11-18(12-10-17)24-22(27)25-19-13-20-7-4-8-21(14-19)26(20)15-16-5-2-1-3-6-16/h1-3,5-6,9-12,19-21H,4,7-8,13-15H2,(H2,24,25,27)/t20-,21-/m1/s1. The Balaban J connectivity index is 1.35. The molecule has 2 amide bonds. The Morgan fingerprint density at radius 3 is 2.33 bits per heavy atom. The second kappa shape index (κ2) is 8.32. The van der Waals surface area contributed by atoms with Gasteiger partial charge < -0.3 is 10.6 Å². The fourth-order valence-electron chi connectivity index (χ4n) is 4.53. The molecule has 0 aliphatic carbocycles. The van der Waals surface area contributed by atoms with Crippen molar-refractivity contribution in [1.29, 1.82) is 0 Å². The van der Waals surface area contributed by atoms with E-state index < -0.39 is 0 Å². The molecule has 2 bridgehead atoms. The third kappa shape index (κ3) is 4.63. The minimum Gasteiger partial charge on any atom is -0.335 e. The summed E-state index contributed by atoms with van der Waals surface area (Å²) in [4.78, 5) is 15.0. The van der Waals surface area contributed by atoms with Crippen molar-refractivity contribution in [3.8, 4) is 0 Å². The van der Waals surface area contributed by atoms with Crippen LogP contribution in [-0.4, -0.2) is 29.1 Å². The van der Waals surface area contributed by atoms with Crippen molar-refractivity contribution in [1.82, 2.24) is 10.2 Å². The second-order valence-electron chi connectivity index (χ2n) is 7.67. The number of carbonyl (C=O) groups is 1. The smallest absolute Gasteiger partial charge is 0.319 e. The van der Waals surface area contributed by atoms with Gasteiger partial charge in [-0.2, -0.15) is 0 Å². The average Bonchev–Trinajstić information content (AvgIpc) is 2.65. The number of hydrogen-bond acceptors (Lipinski definition) is 2. The van der Waals surface area contributed by atoms with Crippen molar-refractivity contribution >= 4 is 23.3 Å². The van der Waals surface area contributed by atoms with Gasteiger partial charge in [-0.15, -0.1) is 0 Å². The molecule has 2 aromatic carbocycles. The Bertz CT molecular complexity index is 751. The van der Waals surface area contributed by atoms with Gasteiger partial charge in [0.05, 0.1) is 0 Å². The summed E-state index contributed by atoms with van der Waals surface area (Å²) in [6.07, 6.45) is 5.79. The predicted octanol–water partition coefficient (Wildman–Crippen LogP) is 5.05. The van der Waals surface area contributed by atoms with Crippen molar-refractivity contribution in [2.75, 3.05) is 5.32 Å². The van der Waals surface area contributed by atoms with E-state index in [1.165, 1.54) is 24.8 Å². The first kappa shape index (κ1) is 18.3. The van der Waals surface area contributed by atoms with E-state index in [1.807, 2.05) is 12.1 Å². The van der Waals surface area contributed by atoms with E-state index in [-0.39, 0.29) is 12.1 Å². The van der Waals surface area contributed by atoms with Crippen molar-refractivity contribution in [3.05, 3.63) is 65.2 Å². The molecule has 27 heavy (non-hydrogen) atoms. The number of amides is 2. The Labute approximate surface area is 165 Å². The van der Waals surface area contributed by atoms with Crippen LogP contribution in [0, 0.1) is 0 Å². The van der Waals surface area contributed by atoms with Crippen LogP contribution in [0.25, 0.3) is 0 Å². The van der Waals surface area contributed by atoms with E-state index in [0.29, 0.717) is 17.1 Å². The summed E-state index contributed by atoms with van der Waals surface area (Å²) < 4.78 is 0. The van der Waals surface area contributed by atoms with E-state index >= 15 is 0 Å². The van der Waals surface area contributed by atoms with Crippen molar-refractivity contribution in [2.24, 2.45) is 0 Å². The molecule has 4 rings (SSSR count). The Morgan fingerprint density at radius 1 is 1.00 bits per heavy atom. The Morgan fingerprint density at radius 2 is 1.67 bits per heavy atom. The first-order chi connectivity index (χ1) is 13.2. The number of nitrogens with one attached hydrogen (secondary N) is 2. The zero-order chi connectivity index (χ0) is 18.6. The SMILES string of the molecule is O=C(Nc1ccc(Cl)cc1)NC1C[C@H]2CCC[C@H](C1)N2Cc1ccccc1. The number of halogens is 1. The van der Waals surface area contributed by atoms with E-state index in [9.17, 15) is 4.79 Å². The predicted molar refractivity (Wildman–Crippen MR) is 110 cm³/mol. The zero-order valence-corrected chi connectivity index (χ0v) is 16.2. The summed E-state index contributed by atoms with van der Waals surface area (Å²) in [7, 11) is 0. The summed E-state index contributed by atoms with van der Waals surface area (Å²) >= 11 is 5.90. The summed E-state index contributed by atoms with van der Waals surface area (Å²) in [5.74, 6) is 0. The minimum absolute atomic E-state index is 0.128. The average molecular weight is 384 g/mol. The van der Waals surface area contributed by atoms with Crippen LogP contribution in [0.5, 0.6) is 0 Å². The van der Waals surface area contributed by atoms with E-state index in [4.69, 9.17) is 11.6 Å². The molecule has 4 nitrogen and oxygen atoms in total. The van der Waals surface area contributed by atoms with Crippen LogP contribution in [0.4, 0.5) is 10.5 Å². The quantitative estimate of drug-likeness (QED) is 0.776. The number of fused-ring (bicyclic) bond motifs is 2. The van der Waals surface area contributed by atoms with Crippen LogP contribution in [0.15, 0.2) is 54.6 Å². The number of nitrogens with zero attached hydrogens (tertiary/aromatic N) is 1. The van der Waals surface area contributed by atoms with Crippen LogP contribution in [0.2, 0.25) is 5.02 Å². The molecule has 2 heterocycles. The molecule has 2 fully saturated rings. The van der Waals surface area contributed by atoms with Crippen molar-refractivity contribution in [2.45, 2.75) is 56.8 Å². The molecule has 2 aliphatic rings. The number of rotatable bonds is 4. The van der Waals surface area contributed by atoms with Crippen LogP contribution in [-0.2, 0) is 6.54 Å². The number of piperidine rings is 2. The molecule has 142 valence electrons. The number of hydrogen-bond donors (Lipinski definition) is 2. The van der Waals surface area contributed by atoms with Gasteiger partial charge in [0.1, 0.15) is 0 Å². The van der Waals surface area contributed by atoms with Gasteiger partial charge in [0.25, 0.3) is 0 Å². The van der Waals surface area contributed by atoms with Gasteiger partial charge in [0.2, 0.25) is 0 Å². The largest absolute Gasteiger partial charge is 0.335 e. The molecule has 0 radical (unpaired) electrons. The molecule has 2 aliphatic heterocycles. The number of carbonyl (C=O) groups excluding carboxylic acids is 1. The highest BCUT2D eigenvalue weighted by Crippen LogP contribution is 2.35. The second-order valence-corrected chi connectivity index (χ2v) is 8.11. The maximum atomic E-state index is 12.4. The maximum Gasteiger partial charge on any atom is 0.319 e. The molecular weight excluding hydrogens is 358 g/mol. The summed E-state index contributed by atoms with van der Waals surface area (Å²) in [6.45, 7) is 1.01. The van der Waals surface area contributed by atoms with E-state index in [1.54, 1.807) is 12.1 Å². The van der Waals surface area contributed by atoms with Crippen LogP contribution in [0.3, 0.4) is 0 Å². The van der Waals surface area contributed by atoms with Gasteiger partial charge >= 0.3 is 6.03 Å². The minimum atomic E-state index is -0.128. The first-order valence-corrected chi connectivity index (χ1v) is 10.2. The fourth-order valence-corrected chi connectivity index (χ4v) is 4.66. The number of urea groups is 1. The highest BCUT2D eigenvalue weighted by molar-refractivity contribution is 6.30. The zero-order valence-electron chi connectivity index (χ0n) is 15.4.